The fourth-order valence-electron chi connectivity index (χ4n) is 2.78. The van der Waals surface area contributed by atoms with Gasteiger partial charge in [-0.25, -0.2) is 0 Å². The maximum atomic E-state index is 11.7. The number of nitrogens with zero attached hydrogens (tertiary/aromatic N) is 1. The molecule has 19 heavy (non-hydrogen) atoms. The maximum Gasteiger partial charge on any atom is 0.232 e. The van der Waals surface area contributed by atoms with Crippen molar-refractivity contribution in [3.8, 4) is 0 Å². The minimum absolute atomic E-state index is 0.158. The van der Waals surface area contributed by atoms with Gasteiger partial charge in [-0.1, -0.05) is 12.1 Å². The highest BCUT2D eigenvalue weighted by Crippen LogP contribution is 2.35. The lowest BCUT2D eigenvalue weighted by molar-refractivity contribution is -0.126. The third-order valence-corrected chi connectivity index (χ3v) is 3.70. The van der Waals surface area contributed by atoms with Crippen LogP contribution < -0.4 is 15.7 Å². The third-order valence-electron chi connectivity index (χ3n) is 3.70. The van der Waals surface area contributed by atoms with Crippen molar-refractivity contribution in [1.29, 1.82) is 0 Å². The molecule has 0 bridgehead atoms. The molecule has 2 aliphatic rings. The summed E-state index contributed by atoms with van der Waals surface area (Å²) in [5.74, 6) is -0.782. The second-order valence-corrected chi connectivity index (χ2v) is 4.79. The highest BCUT2D eigenvalue weighted by Gasteiger charge is 2.48. The predicted molar refractivity (Wildman–Crippen MR) is 69.4 cm³/mol. The van der Waals surface area contributed by atoms with E-state index in [1.54, 1.807) is 7.11 Å². The number of fused-ring (bicyclic) bond motifs is 1. The zero-order valence-electron chi connectivity index (χ0n) is 10.6. The Morgan fingerprint density at radius 2 is 1.84 bits per heavy atom. The molecule has 0 aromatic heterocycles. The number of rotatable bonds is 3. The number of nitrogens with one attached hydrogen (secondary N) is 2. The van der Waals surface area contributed by atoms with E-state index in [4.69, 9.17) is 4.84 Å². The molecule has 0 saturated carbocycles. The standard InChI is InChI=1S/C13H15N3O3/c1-19-15-10-4-2-3-5-11(10)16-6-8-9(7-16)13(18)14-12(8)17/h2-5,8-9,15H,6-7H2,1H3,(H,14,17,18)/t8-,9+. The van der Waals surface area contributed by atoms with Crippen LogP contribution in [0.5, 0.6) is 0 Å². The first-order chi connectivity index (χ1) is 9.20. The van der Waals surface area contributed by atoms with Gasteiger partial charge in [0.25, 0.3) is 0 Å². The second-order valence-electron chi connectivity index (χ2n) is 4.79. The zero-order chi connectivity index (χ0) is 13.4. The molecule has 2 amide bonds. The van der Waals surface area contributed by atoms with Gasteiger partial charge < -0.3 is 4.90 Å². The van der Waals surface area contributed by atoms with Crippen LogP contribution in [0.1, 0.15) is 0 Å². The van der Waals surface area contributed by atoms with Gasteiger partial charge in [0.15, 0.2) is 0 Å². The number of carbonyl (C=O) groups is 2. The van der Waals surface area contributed by atoms with Crippen LogP contribution in [0.25, 0.3) is 0 Å². The van der Waals surface area contributed by atoms with Crippen molar-refractivity contribution in [2.24, 2.45) is 11.8 Å². The number of hydrogen-bond donors (Lipinski definition) is 2. The van der Waals surface area contributed by atoms with Crippen molar-refractivity contribution in [1.82, 2.24) is 5.32 Å². The Balaban J connectivity index is 1.86. The molecule has 1 aromatic rings. The fraction of sp³-hybridized carbons (Fsp3) is 0.385. The topological polar surface area (TPSA) is 70.7 Å². The van der Waals surface area contributed by atoms with E-state index in [1.807, 2.05) is 29.2 Å². The molecule has 2 atom stereocenters. The SMILES string of the molecule is CONc1ccccc1N1C[C@@H]2C(=O)NC(=O)[C@@H]2C1. The Morgan fingerprint density at radius 3 is 2.47 bits per heavy atom. The first-order valence-electron chi connectivity index (χ1n) is 6.18. The average molecular weight is 261 g/mol. The van der Waals surface area contributed by atoms with Gasteiger partial charge in [-0.15, -0.1) is 0 Å². The van der Waals surface area contributed by atoms with Crippen LogP contribution >= 0.6 is 0 Å². The van der Waals surface area contributed by atoms with Crippen LogP contribution in [0.15, 0.2) is 24.3 Å². The number of imide groups is 1. The molecule has 2 saturated heterocycles. The number of carbonyl (C=O) groups excluding carboxylic acids is 2. The number of anilines is 2. The van der Waals surface area contributed by atoms with Crippen LogP contribution in [0.3, 0.4) is 0 Å². The van der Waals surface area contributed by atoms with Crippen LogP contribution in [0.4, 0.5) is 11.4 Å². The van der Waals surface area contributed by atoms with E-state index in [9.17, 15) is 9.59 Å². The van der Waals surface area contributed by atoms with Crippen LogP contribution in [-0.2, 0) is 14.4 Å². The summed E-state index contributed by atoms with van der Waals surface area (Å²) >= 11 is 0. The van der Waals surface area contributed by atoms with Gasteiger partial charge in [0.1, 0.15) is 0 Å². The van der Waals surface area contributed by atoms with Crippen LogP contribution in [0, 0.1) is 11.8 Å². The molecule has 3 rings (SSSR count). The number of benzene rings is 1. The molecular formula is C13H15N3O3. The summed E-state index contributed by atoms with van der Waals surface area (Å²) in [6.45, 7) is 1.12. The van der Waals surface area contributed by atoms with E-state index in [1.165, 1.54) is 0 Å². The molecule has 2 heterocycles. The van der Waals surface area contributed by atoms with Gasteiger partial charge in [-0.3, -0.25) is 25.2 Å². The minimum Gasteiger partial charge on any atom is -0.368 e. The summed E-state index contributed by atoms with van der Waals surface area (Å²) < 4.78 is 0. The van der Waals surface area contributed by atoms with Crippen LogP contribution in [0.2, 0.25) is 0 Å². The molecule has 6 nitrogen and oxygen atoms in total. The van der Waals surface area contributed by atoms with Gasteiger partial charge in [-0.2, -0.15) is 0 Å². The normalized spacial score (nSPS) is 25.4. The molecule has 0 unspecified atom stereocenters. The zero-order valence-corrected chi connectivity index (χ0v) is 10.6. The summed E-state index contributed by atoms with van der Waals surface area (Å²) in [7, 11) is 1.55. The highest BCUT2D eigenvalue weighted by atomic mass is 16.6. The molecule has 0 spiro atoms. The molecule has 2 N–H and O–H groups in total. The van der Waals surface area contributed by atoms with Gasteiger partial charge in [-0.05, 0) is 12.1 Å². The molecular weight excluding hydrogens is 246 g/mol. The molecule has 0 radical (unpaired) electrons. The number of hydrogen-bond acceptors (Lipinski definition) is 5. The lowest BCUT2D eigenvalue weighted by Gasteiger charge is -2.22. The monoisotopic (exact) mass is 261 g/mol. The molecule has 1 aromatic carbocycles. The summed E-state index contributed by atoms with van der Waals surface area (Å²) in [6, 6.07) is 7.67. The average Bonchev–Trinajstić information content (AvgIpc) is 2.94. The first kappa shape index (κ1) is 12.0. The van der Waals surface area contributed by atoms with E-state index in [0.717, 1.165) is 11.4 Å². The van der Waals surface area contributed by atoms with Crippen LogP contribution in [-0.4, -0.2) is 32.0 Å². The quantitative estimate of drug-likeness (QED) is 0.607. The van der Waals surface area contributed by atoms with Crippen molar-refractivity contribution in [2.75, 3.05) is 30.6 Å². The van der Waals surface area contributed by atoms with Gasteiger partial charge in [0, 0.05) is 13.1 Å². The molecule has 6 heteroatoms. The smallest absolute Gasteiger partial charge is 0.232 e. The van der Waals surface area contributed by atoms with Crippen molar-refractivity contribution in [3.63, 3.8) is 0 Å². The third kappa shape index (κ3) is 1.94. The Hall–Kier alpha value is -2.08. The van der Waals surface area contributed by atoms with E-state index >= 15 is 0 Å². The summed E-state index contributed by atoms with van der Waals surface area (Å²) in [6.07, 6.45) is 0. The fourth-order valence-corrected chi connectivity index (χ4v) is 2.78. The lowest BCUT2D eigenvalue weighted by atomic mass is 10.00. The minimum atomic E-state index is -0.233. The van der Waals surface area contributed by atoms with Crippen molar-refractivity contribution < 1.29 is 14.4 Å². The highest BCUT2D eigenvalue weighted by molar-refractivity contribution is 6.06. The van der Waals surface area contributed by atoms with E-state index in [-0.39, 0.29) is 23.7 Å². The van der Waals surface area contributed by atoms with Gasteiger partial charge >= 0.3 is 0 Å². The second kappa shape index (κ2) is 4.55. The summed E-state index contributed by atoms with van der Waals surface area (Å²) in [5.41, 5.74) is 4.59. The summed E-state index contributed by atoms with van der Waals surface area (Å²) in [4.78, 5) is 30.3. The van der Waals surface area contributed by atoms with E-state index in [0.29, 0.717) is 13.1 Å². The summed E-state index contributed by atoms with van der Waals surface area (Å²) in [5, 5.41) is 2.39. The predicted octanol–water partition coefficient (Wildman–Crippen LogP) is 0.369. The van der Waals surface area contributed by atoms with E-state index < -0.39 is 0 Å². The van der Waals surface area contributed by atoms with Gasteiger partial charge in [0.2, 0.25) is 11.8 Å². The first-order valence-corrected chi connectivity index (χ1v) is 6.18. The maximum absolute atomic E-state index is 11.7. The van der Waals surface area contributed by atoms with E-state index in [2.05, 4.69) is 10.8 Å². The van der Waals surface area contributed by atoms with Crippen molar-refractivity contribution >= 4 is 23.2 Å². The Bertz CT molecular complexity index is 510. The largest absolute Gasteiger partial charge is 0.368 e. The van der Waals surface area contributed by atoms with Crippen molar-refractivity contribution in [3.05, 3.63) is 24.3 Å². The Morgan fingerprint density at radius 1 is 1.21 bits per heavy atom. The molecule has 100 valence electrons. The lowest BCUT2D eigenvalue weighted by Crippen LogP contribution is -2.31. The molecule has 2 fully saturated rings. The Kier molecular flexibility index (Phi) is 2.87. The number of amides is 2. The Labute approximate surface area is 110 Å². The number of para-hydroxylation sites is 2. The van der Waals surface area contributed by atoms with Crippen molar-refractivity contribution in [2.45, 2.75) is 0 Å². The molecule has 0 aliphatic carbocycles. The molecule has 2 aliphatic heterocycles. The van der Waals surface area contributed by atoms with Gasteiger partial charge in [0.05, 0.1) is 30.3 Å².